The van der Waals surface area contributed by atoms with Crippen LogP contribution in [0.1, 0.15) is 19.3 Å². The lowest BCUT2D eigenvalue weighted by Gasteiger charge is -2.25. The number of piperidine rings is 1. The third-order valence-electron chi connectivity index (χ3n) is 3.91. The highest BCUT2D eigenvalue weighted by atomic mass is 32.2. The Balaban J connectivity index is 2.02. The fraction of sp³-hybridized carbons (Fsp3) is 0.571. The van der Waals surface area contributed by atoms with Crippen LogP contribution in [0.2, 0.25) is 0 Å². The molecule has 7 heteroatoms. The molecule has 0 atom stereocenters. The normalized spacial score (nSPS) is 17.3. The molecule has 1 N–H and O–H groups in total. The maximum Gasteiger partial charge on any atom is 0.242 e. The van der Waals surface area contributed by atoms with E-state index in [2.05, 4.69) is 5.32 Å². The van der Waals surface area contributed by atoms with Crippen LogP contribution in [0.15, 0.2) is 23.1 Å². The van der Waals surface area contributed by atoms with E-state index in [9.17, 15) is 17.2 Å². The van der Waals surface area contributed by atoms with Gasteiger partial charge in [0.15, 0.2) is 11.6 Å². The summed E-state index contributed by atoms with van der Waals surface area (Å²) in [6.07, 6.45) is 2.86. The van der Waals surface area contributed by atoms with Gasteiger partial charge in [-0.1, -0.05) is 0 Å². The molecule has 4 nitrogen and oxygen atoms in total. The number of halogens is 2. The maximum atomic E-state index is 13.2. The molecule has 21 heavy (non-hydrogen) atoms. The first kappa shape index (κ1) is 16.3. The van der Waals surface area contributed by atoms with Gasteiger partial charge in [0.1, 0.15) is 0 Å². The molecule has 0 spiro atoms. The zero-order valence-electron chi connectivity index (χ0n) is 12.0. The molecule has 1 heterocycles. The lowest BCUT2D eigenvalue weighted by molar-refractivity contribution is 0.326. The minimum Gasteiger partial charge on any atom is -0.317 e. The van der Waals surface area contributed by atoms with E-state index in [1.165, 1.54) is 11.4 Å². The lowest BCUT2D eigenvalue weighted by Crippen LogP contribution is -2.32. The number of benzene rings is 1. The Kier molecular flexibility index (Phi) is 5.29. The van der Waals surface area contributed by atoms with E-state index in [0.29, 0.717) is 12.5 Å². The minimum atomic E-state index is -3.77. The van der Waals surface area contributed by atoms with Crippen LogP contribution in [-0.4, -0.2) is 39.4 Å². The highest BCUT2D eigenvalue weighted by Crippen LogP contribution is 2.20. The van der Waals surface area contributed by atoms with Crippen molar-refractivity contribution in [1.82, 2.24) is 9.62 Å². The van der Waals surface area contributed by atoms with E-state index in [1.807, 2.05) is 0 Å². The first-order valence-corrected chi connectivity index (χ1v) is 8.47. The van der Waals surface area contributed by atoms with Crippen molar-refractivity contribution in [3.8, 4) is 0 Å². The molecule has 0 unspecified atom stereocenters. The van der Waals surface area contributed by atoms with Crippen molar-refractivity contribution < 1.29 is 17.2 Å². The van der Waals surface area contributed by atoms with Crippen LogP contribution in [0, 0.1) is 17.6 Å². The molecule has 1 saturated heterocycles. The number of rotatable bonds is 5. The van der Waals surface area contributed by atoms with Crippen molar-refractivity contribution in [2.75, 3.05) is 26.7 Å². The van der Waals surface area contributed by atoms with E-state index in [0.717, 1.165) is 50.6 Å². The second kappa shape index (κ2) is 6.81. The molecule has 2 rings (SSSR count). The average molecular weight is 318 g/mol. The Morgan fingerprint density at radius 3 is 2.52 bits per heavy atom. The number of nitrogens with one attached hydrogen (secondary N) is 1. The Morgan fingerprint density at radius 2 is 1.90 bits per heavy atom. The zero-order valence-corrected chi connectivity index (χ0v) is 12.8. The monoisotopic (exact) mass is 318 g/mol. The molecule has 0 saturated carbocycles. The third kappa shape index (κ3) is 3.99. The SMILES string of the molecule is CN(CCC1CCNCC1)S(=O)(=O)c1ccc(F)c(F)c1. The van der Waals surface area contributed by atoms with Crippen molar-refractivity contribution in [2.24, 2.45) is 5.92 Å². The molecule has 0 aromatic heterocycles. The average Bonchev–Trinajstić information content (AvgIpc) is 2.48. The molecular formula is C14H20F2N2O2S. The molecule has 0 aliphatic carbocycles. The topological polar surface area (TPSA) is 49.4 Å². The van der Waals surface area contributed by atoms with Crippen molar-refractivity contribution in [2.45, 2.75) is 24.2 Å². The third-order valence-corrected chi connectivity index (χ3v) is 5.76. The van der Waals surface area contributed by atoms with Crippen LogP contribution in [0.3, 0.4) is 0 Å². The molecule has 1 fully saturated rings. The van der Waals surface area contributed by atoms with Crippen LogP contribution < -0.4 is 5.32 Å². The van der Waals surface area contributed by atoms with Gasteiger partial charge in [0.2, 0.25) is 10.0 Å². The molecule has 0 bridgehead atoms. The van der Waals surface area contributed by atoms with Crippen LogP contribution in [0.4, 0.5) is 8.78 Å². The Hall–Kier alpha value is -1.05. The van der Waals surface area contributed by atoms with Gasteiger partial charge in [-0.3, -0.25) is 0 Å². The summed E-state index contributed by atoms with van der Waals surface area (Å²) in [7, 11) is -2.30. The molecule has 118 valence electrons. The standard InChI is InChI=1S/C14H20F2N2O2S/c1-18(9-6-11-4-7-17-8-5-11)21(19,20)12-2-3-13(15)14(16)10-12/h2-3,10-11,17H,4-9H2,1H3. The Morgan fingerprint density at radius 1 is 1.24 bits per heavy atom. The van der Waals surface area contributed by atoms with E-state index >= 15 is 0 Å². The van der Waals surface area contributed by atoms with Gasteiger partial charge in [-0.2, -0.15) is 0 Å². The number of hydrogen-bond donors (Lipinski definition) is 1. The predicted octanol–water partition coefficient (Wildman–Crippen LogP) is 1.97. The minimum absolute atomic E-state index is 0.214. The van der Waals surface area contributed by atoms with Gasteiger partial charge in [-0.15, -0.1) is 0 Å². The smallest absolute Gasteiger partial charge is 0.242 e. The van der Waals surface area contributed by atoms with Gasteiger partial charge in [0.05, 0.1) is 4.90 Å². The molecule has 1 aromatic rings. The first-order valence-electron chi connectivity index (χ1n) is 7.03. The lowest BCUT2D eigenvalue weighted by atomic mass is 9.95. The summed E-state index contributed by atoms with van der Waals surface area (Å²) >= 11 is 0. The van der Waals surface area contributed by atoms with Gasteiger partial charge in [0.25, 0.3) is 0 Å². The molecule has 1 aliphatic rings. The van der Waals surface area contributed by atoms with E-state index in [4.69, 9.17) is 0 Å². The summed E-state index contributed by atoms with van der Waals surface area (Å²) in [5, 5.41) is 3.26. The number of nitrogens with zero attached hydrogens (tertiary/aromatic N) is 1. The largest absolute Gasteiger partial charge is 0.317 e. The molecule has 0 amide bonds. The summed E-state index contributed by atoms with van der Waals surface area (Å²) in [6, 6.07) is 2.66. The maximum absolute atomic E-state index is 13.2. The van der Waals surface area contributed by atoms with Gasteiger partial charge < -0.3 is 5.32 Å². The van der Waals surface area contributed by atoms with Gasteiger partial charge in [-0.25, -0.2) is 21.5 Å². The highest BCUT2D eigenvalue weighted by Gasteiger charge is 2.23. The van der Waals surface area contributed by atoms with E-state index < -0.39 is 21.7 Å². The first-order chi connectivity index (χ1) is 9.91. The Bertz CT molecular complexity index is 587. The van der Waals surface area contributed by atoms with Crippen molar-refractivity contribution in [3.63, 3.8) is 0 Å². The second-order valence-electron chi connectivity index (χ2n) is 5.38. The van der Waals surface area contributed by atoms with Crippen LogP contribution in [0.5, 0.6) is 0 Å². The summed E-state index contributed by atoms with van der Waals surface area (Å²) in [6.45, 7) is 2.31. The van der Waals surface area contributed by atoms with Crippen molar-refractivity contribution >= 4 is 10.0 Å². The molecule has 1 aliphatic heterocycles. The number of hydrogen-bond acceptors (Lipinski definition) is 3. The predicted molar refractivity (Wildman–Crippen MR) is 76.4 cm³/mol. The van der Waals surface area contributed by atoms with E-state index in [1.54, 1.807) is 0 Å². The Labute approximate surface area is 124 Å². The summed E-state index contributed by atoms with van der Waals surface area (Å²) < 4.78 is 51.9. The highest BCUT2D eigenvalue weighted by molar-refractivity contribution is 7.89. The van der Waals surface area contributed by atoms with Crippen LogP contribution >= 0.6 is 0 Å². The quantitative estimate of drug-likeness (QED) is 0.903. The van der Waals surface area contributed by atoms with E-state index in [-0.39, 0.29) is 4.90 Å². The summed E-state index contributed by atoms with van der Waals surface area (Å²) in [4.78, 5) is -0.214. The molecule has 0 radical (unpaired) electrons. The molecule has 1 aromatic carbocycles. The van der Waals surface area contributed by atoms with Crippen molar-refractivity contribution in [3.05, 3.63) is 29.8 Å². The number of sulfonamides is 1. The van der Waals surface area contributed by atoms with Crippen LogP contribution in [0.25, 0.3) is 0 Å². The summed E-state index contributed by atoms with van der Waals surface area (Å²) in [5.74, 6) is -1.69. The summed E-state index contributed by atoms with van der Waals surface area (Å²) in [5.41, 5.74) is 0. The van der Waals surface area contributed by atoms with Crippen LogP contribution in [-0.2, 0) is 10.0 Å². The molecular weight excluding hydrogens is 298 g/mol. The van der Waals surface area contributed by atoms with Gasteiger partial charge in [0, 0.05) is 13.6 Å². The second-order valence-corrected chi connectivity index (χ2v) is 7.43. The van der Waals surface area contributed by atoms with Crippen molar-refractivity contribution in [1.29, 1.82) is 0 Å². The fourth-order valence-electron chi connectivity index (χ4n) is 2.47. The van der Waals surface area contributed by atoms with Gasteiger partial charge in [-0.05, 0) is 56.5 Å². The van der Waals surface area contributed by atoms with Gasteiger partial charge >= 0.3 is 0 Å². The fourth-order valence-corrected chi connectivity index (χ4v) is 3.67. The zero-order chi connectivity index (χ0) is 15.5.